The van der Waals surface area contributed by atoms with Gasteiger partial charge in [-0.25, -0.2) is 8.78 Å². The van der Waals surface area contributed by atoms with Gasteiger partial charge >= 0.3 is 0 Å². The van der Waals surface area contributed by atoms with Crippen molar-refractivity contribution in [3.8, 4) is 0 Å². The van der Waals surface area contributed by atoms with Crippen LogP contribution in [0.15, 0.2) is 48.5 Å². The molecule has 2 amide bonds. The second-order valence-corrected chi connectivity index (χ2v) is 5.16. The van der Waals surface area contributed by atoms with Crippen molar-refractivity contribution in [1.82, 2.24) is 5.32 Å². The predicted octanol–water partition coefficient (Wildman–Crippen LogP) is 1.72. The largest absolute Gasteiger partial charge is 0.368 e. The summed E-state index contributed by atoms with van der Waals surface area (Å²) < 4.78 is 25.7. The van der Waals surface area contributed by atoms with E-state index in [2.05, 4.69) is 5.32 Å². The summed E-state index contributed by atoms with van der Waals surface area (Å²) in [5.41, 5.74) is 6.60. The summed E-state index contributed by atoms with van der Waals surface area (Å²) in [7, 11) is 0. The van der Waals surface area contributed by atoms with Gasteiger partial charge in [-0.2, -0.15) is 0 Å². The molecule has 2 aromatic rings. The Morgan fingerprint density at radius 1 is 0.913 bits per heavy atom. The first-order valence-corrected chi connectivity index (χ1v) is 7.01. The fourth-order valence-electron chi connectivity index (χ4n) is 2.11. The smallest absolute Gasteiger partial charge is 0.240 e. The average molecular weight is 318 g/mol. The van der Waals surface area contributed by atoms with Crippen molar-refractivity contribution < 1.29 is 18.4 Å². The molecule has 0 aliphatic carbocycles. The number of hydrogen-bond acceptors (Lipinski definition) is 2. The van der Waals surface area contributed by atoms with Crippen LogP contribution in [0.1, 0.15) is 11.1 Å². The quantitative estimate of drug-likeness (QED) is 0.851. The van der Waals surface area contributed by atoms with Gasteiger partial charge < -0.3 is 11.1 Å². The van der Waals surface area contributed by atoms with Crippen LogP contribution in [-0.4, -0.2) is 17.9 Å². The molecule has 1 atom stereocenters. The van der Waals surface area contributed by atoms with E-state index in [4.69, 9.17) is 5.73 Å². The lowest BCUT2D eigenvalue weighted by molar-refractivity contribution is -0.127. The first-order valence-electron chi connectivity index (χ1n) is 7.01. The molecule has 23 heavy (non-hydrogen) atoms. The highest BCUT2D eigenvalue weighted by Crippen LogP contribution is 2.07. The Hall–Kier alpha value is -2.76. The summed E-state index contributed by atoms with van der Waals surface area (Å²) in [5, 5.41) is 2.54. The van der Waals surface area contributed by atoms with E-state index in [0.29, 0.717) is 11.1 Å². The van der Waals surface area contributed by atoms with Crippen molar-refractivity contribution in [1.29, 1.82) is 0 Å². The number of hydrogen-bond donors (Lipinski definition) is 2. The zero-order chi connectivity index (χ0) is 16.8. The summed E-state index contributed by atoms with van der Waals surface area (Å²) >= 11 is 0. The lowest BCUT2D eigenvalue weighted by Gasteiger charge is -2.15. The molecule has 0 spiro atoms. The van der Waals surface area contributed by atoms with E-state index < -0.39 is 17.9 Å². The predicted molar refractivity (Wildman–Crippen MR) is 81.3 cm³/mol. The molecule has 0 aliphatic heterocycles. The normalized spacial score (nSPS) is 11.7. The number of primary amides is 1. The van der Waals surface area contributed by atoms with Crippen LogP contribution in [0.5, 0.6) is 0 Å². The molecule has 6 heteroatoms. The average Bonchev–Trinajstić information content (AvgIpc) is 2.51. The van der Waals surface area contributed by atoms with Crippen molar-refractivity contribution in [3.63, 3.8) is 0 Å². The topological polar surface area (TPSA) is 72.2 Å². The highest BCUT2D eigenvalue weighted by molar-refractivity contribution is 5.87. The number of rotatable bonds is 6. The van der Waals surface area contributed by atoms with E-state index in [0.717, 1.165) is 0 Å². The van der Waals surface area contributed by atoms with Crippen LogP contribution < -0.4 is 11.1 Å². The first-order chi connectivity index (χ1) is 10.9. The van der Waals surface area contributed by atoms with Crippen LogP contribution in [0.4, 0.5) is 8.78 Å². The van der Waals surface area contributed by atoms with Gasteiger partial charge in [-0.15, -0.1) is 0 Å². The van der Waals surface area contributed by atoms with Crippen molar-refractivity contribution >= 4 is 11.8 Å². The van der Waals surface area contributed by atoms with Gasteiger partial charge in [0.1, 0.15) is 17.7 Å². The maximum Gasteiger partial charge on any atom is 0.240 e. The summed E-state index contributed by atoms with van der Waals surface area (Å²) in [6.07, 6.45) is 0.179. The second kappa shape index (κ2) is 7.49. The summed E-state index contributed by atoms with van der Waals surface area (Å²) in [6, 6.07) is 10.2. The molecule has 0 unspecified atom stereocenters. The molecule has 0 radical (unpaired) electrons. The summed E-state index contributed by atoms with van der Waals surface area (Å²) in [6.45, 7) is 0. The maximum absolute atomic E-state index is 12.9. The van der Waals surface area contributed by atoms with Gasteiger partial charge in [0.25, 0.3) is 0 Å². The second-order valence-electron chi connectivity index (χ2n) is 5.16. The Kier molecular flexibility index (Phi) is 5.41. The molecule has 120 valence electrons. The van der Waals surface area contributed by atoms with Gasteiger partial charge in [-0.1, -0.05) is 24.3 Å². The van der Waals surface area contributed by atoms with Gasteiger partial charge in [-0.3, -0.25) is 9.59 Å². The van der Waals surface area contributed by atoms with E-state index in [1.54, 1.807) is 0 Å². The Morgan fingerprint density at radius 2 is 1.39 bits per heavy atom. The third-order valence-electron chi connectivity index (χ3n) is 3.31. The number of benzene rings is 2. The maximum atomic E-state index is 12.9. The summed E-state index contributed by atoms with van der Waals surface area (Å²) in [4.78, 5) is 23.5. The van der Waals surface area contributed by atoms with Crippen LogP contribution in [-0.2, 0) is 22.4 Å². The number of carbonyl (C=O) groups is 2. The zero-order valence-electron chi connectivity index (χ0n) is 12.3. The SMILES string of the molecule is NC(=O)[C@@H](Cc1ccc(F)cc1)NC(=O)Cc1ccc(F)cc1. The monoisotopic (exact) mass is 318 g/mol. The fourth-order valence-corrected chi connectivity index (χ4v) is 2.11. The molecule has 0 bridgehead atoms. The molecule has 2 rings (SSSR count). The molecule has 0 heterocycles. The van der Waals surface area contributed by atoms with Crippen molar-refractivity contribution in [3.05, 3.63) is 71.3 Å². The van der Waals surface area contributed by atoms with E-state index in [9.17, 15) is 18.4 Å². The highest BCUT2D eigenvalue weighted by Gasteiger charge is 2.18. The van der Waals surface area contributed by atoms with Crippen LogP contribution in [0, 0.1) is 11.6 Å². The molecule has 0 saturated heterocycles. The molecular formula is C17H16F2N2O2. The number of carbonyl (C=O) groups excluding carboxylic acids is 2. The van der Waals surface area contributed by atoms with E-state index in [1.807, 2.05) is 0 Å². The molecule has 0 saturated carbocycles. The van der Waals surface area contributed by atoms with Gasteiger partial charge in [0.2, 0.25) is 11.8 Å². The number of nitrogens with one attached hydrogen (secondary N) is 1. The van der Waals surface area contributed by atoms with Crippen molar-refractivity contribution in [2.45, 2.75) is 18.9 Å². The third-order valence-corrected chi connectivity index (χ3v) is 3.31. The van der Waals surface area contributed by atoms with Gasteiger partial charge in [0.15, 0.2) is 0 Å². The number of amides is 2. The minimum absolute atomic E-state index is 0.00742. The Labute approximate surface area is 132 Å². The zero-order valence-corrected chi connectivity index (χ0v) is 12.3. The van der Waals surface area contributed by atoms with Gasteiger partial charge in [-0.05, 0) is 35.4 Å². The van der Waals surface area contributed by atoms with Crippen LogP contribution in [0.2, 0.25) is 0 Å². The molecule has 2 aromatic carbocycles. The van der Waals surface area contributed by atoms with Crippen LogP contribution in [0.25, 0.3) is 0 Å². The number of halogens is 2. The molecule has 0 aromatic heterocycles. The van der Waals surface area contributed by atoms with E-state index in [-0.39, 0.29) is 24.5 Å². The molecule has 0 aliphatic rings. The molecular weight excluding hydrogens is 302 g/mol. The number of nitrogens with two attached hydrogens (primary N) is 1. The highest BCUT2D eigenvalue weighted by atomic mass is 19.1. The minimum atomic E-state index is -0.895. The Balaban J connectivity index is 1.98. The standard InChI is InChI=1S/C17H16F2N2O2/c18-13-5-1-11(2-6-13)9-15(17(20)23)21-16(22)10-12-3-7-14(19)8-4-12/h1-8,15H,9-10H2,(H2,20,23)(H,21,22)/t15-/m1/s1. The Bertz CT molecular complexity index is 685. The third kappa shape index (κ3) is 5.18. The lowest BCUT2D eigenvalue weighted by atomic mass is 10.0. The summed E-state index contributed by atoms with van der Waals surface area (Å²) in [5.74, 6) is -1.85. The Morgan fingerprint density at radius 3 is 1.87 bits per heavy atom. The minimum Gasteiger partial charge on any atom is -0.368 e. The van der Waals surface area contributed by atoms with Crippen LogP contribution in [0.3, 0.4) is 0 Å². The first kappa shape index (κ1) is 16.6. The van der Waals surface area contributed by atoms with Crippen molar-refractivity contribution in [2.24, 2.45) is 5.73 Å². The van der Waals surface area contributed by atoms with Gasteiger partial charge in [0, 0.05) is 6.42 Å². The fraction of sp³-hybridized carbons (Fsp3) is 0.176. The van der Waals surface area contributed by atoms with Gasteiger partial charge in [0.05, 0.1) is 6.42 Å². The van der Waals surface area contributed by atoms with Crippen LogP contribution >= 0.6 is 0 Å². The van der Waals surface area contributed by atoms with Crippen molar-refractivity contribution in [2.75, 3.05) is 0 Å². The van der Waals surface area contributed by atoms with E-state index >= 15 is 0 Å². The van der Waals surface area contributed by atoms with E-state index in [1.165, 1.54) is 48.5 Å². The molecule has 4 nitrogen and oxygen atoms in total. The molecule has 3 N–H and O–H groups in total. The molecule has 0 fully saturated rings. The lowest BCUT2D eigenvalue weighted by Crippen LogP contribution is -2.46.